The van der Waals surface area contributed by atoms with Crippen LogP contribution in [0.5, 0.6) is 0 Å². The lowest BCUT2D eigenvalue weighted by Crippen LogP contribution is -2.42. The van der Waals surface area contributed by atoms with Crippen LogP contribution < -0.4 is 15.1 Å². The third-order valence-electron chi connectivity index (χ3n) is 5.99. The molecule has 2 amide bonds. The number of nitrogens with one attached hydrogen (secondary N) is 1. The molecule has 1 aromatic heterocycles. The van der Waals surface area contributed by atoms with E-state index in [-0.39, 0.29) is 36.8 Å². The van der Waals surface area contributed by atoms with Gasteiger partial charge in [0.1, 0.15) is 11.9 Å². The molecule has 0 saturated carbocycles. The molecule has 2 N–H and O–H groups in total. The van der Waals surface area contributed by atoms with Crippen LogP contribution in [0.1, 0.15) is 43.2 Å². The number of amides is 2. The van der Waals surface area contributed by atoms with Gasteiger partial charge in [-0.1, -0.05) is 5.21 Å². The number of carbonyl (C=O) groups excluding carboxylic acids is 2. The highest BCUT2D eigenvalue weighted by molar-refractivity contribution is 5.90. The molecule has 2 saturated heterocycles. The lowest BCUT2D eigenvalue weighted by Gasteiger charge is -2.39. The van der Waals surface area contributed by atoms with Crippen molar-refractivity contribution in [2.24, 2.45) is 0 Å². The number of cyclic esters (lactones) is 1. The van der Waals surface area contributed by atoms with Crippen molar-refractivity contribution in [1.29, 1.82) is 0 Å². The number of hydrogen-bond acceptors (Lipinski definition) is 7. The number of carboxylic acids is 1. The Labute approximate surface area is 189 Å². The van der Waals surface area contributed by atoms with Crippen LogP contribution in [-0.2, 0) is 9.53 Å². The number of hydrogen-bond donors (Lipinski definition) is 2. The van der Waals surface area contributed by atoms with E-state index < -0.39 is 24.0 Å². The molecule has 3 atom stereocenters. The number of rotatable bonds is 6. The van der Waals surface area contributed by atoms with Crippen LogP contribution in [0.4, 0.5) is 20.6 Å². The molecule has 0 aliphatic carbocycles. The van der Waals surface area contributed by atoms with Gasteiger partial charge in [0.15, 0.2) is 5.69 Å². The number of aromatic nitrogens is 3. The van der Waals surface area contributed by atoms with Crippen LogP contribution in [-0.4, -0.2) is 69.9 Å². The monoisotopic (exact) mass is 460 g/mol. The van der Waals surface area contributed by atoms with E-state index in [9.17, 15) is 19.5 Å². The van der Waals surface area contributed by atoms with Gasteiger partial charge in [0.05, 0.1) is 36.7 Å². The molecular weight excluding hydrogens is 435 g/mol. The molecular formula is C21H25FN6O5. The molecule has 0 radical (unpaired) electrons. The summed E-state index contributed by atoms with van der Waals surface area (Å²) in [4.78, 5) is 37.9. The zero-order valence-corrected chi connectivity index (χ0v) is 18.3. The Hall–Kier alpha value is -3.70. The molecule has 4 rings (SSSR count). The van der Waals surface area contributed by atoms with Crippen molar-refractivity contribution in [2.45, 2.75) is 44.9 Å². The molecule has 2 aromatic rings. The number of halogens is 1. The molecule has 11 nitrogen and oxygen atoms in total. The fourth-order valence-corrected chi connectivity index (χ4v) is 4.39. The Morgan fingerprint density at radius 2 is 2.15 bits per heavy atom. The van der Waals surface area contributed by atoms with Crippen LogP contribution in [0.3, 0.4) is 0 Å². The van der Waals surface area contributed by atoms with Crippen LogP contribution >= 0.6 is 0 Å². The Balaban J connectivity index is 1.44. The Morgan fingerprint density at radius 3 is 2.82 bits per heavy atom. The molecule has 2 aliphatic heterocycles. The summed E-state index contributed by atoms with van der Waals surface area (Å²) in [6.45, 7) is 4.24. The molecule has 12 heteroatoms. The molecule has 0 spiro atoms. The molecule has 3 heterocycles. The van der Waals surface area contributed by atoms with Gasteiger partial charge < -0.3 is 20.1 Å². The lowest BCUT2D eigenvalue weighted by atomic mass is 9.97. The largest absolute Gasteiger partial charge is 0.476 e. The summed E-state index contributed by atoms with van der Waals surface area (Å²) >= 11 is 0. The number of aromatic carboxylic acids is 1. The standard InChI is InChI=1S/C21H25FN6O5/c1-12-7-15(28-19(20(30)31)10-24-25-28)5-6-26(12)18-4-3-14(8-17(18)22)27-11-16(33-21(27)32)9-23-13(2)29/h3-4,8,10,12,15-16H,5-7,9,11H2,1-2H3,(H,23,29)(H,30,31)/t12?,15?,16-/m0/s1. The molecule has 2 fully saturated rings. The maximum Gasteiger partial charge on any atom is 0.414 e. The number of carboxylic acid groups (broad SMARTS) is 1. The smallest absolute Gasteiger partial charge is 0.414 e. The second-order valence-electron chi connectivity index (χ2n) is 8.28. The predicted octanol–water partition coefficient (Wildman–Crippen LogP) is 1.81. The number of nitrogens with zero attached hydrogens (tertiary/aromatic N) is 5. The van der Waals surface area contributed by atoms with Crippen molar-refractivity contribution >= 4 is 29.3 Å². The number of piperidine rings is 1. The zero-order valence-electron chi connectivity index (χ0n) is 18.3. The SMILES string of the molecule is CC(=O)NC[C@H]1CN(c2ccc(N3CCC(n4nncc4C(=O)O)CC3C)c(F)c2)C(=O)O1. The quantitative estimate of drug-likeness (QED) is 0.668. The van der Waals surface area contributed by atoms with Gasteiger partial charge in [-0.2, -0.15) is 0 Å². The van der Waals surface area contributed by atoms with Crippen molar-refractivity contribution in [1.82, 2.24) is 20.3 Å². The van der Waals surface area contributed by atoms with Gasteiger partial charge in [0.2, 0.25) is 5.91 Å². The van der Waals surface area contributed by atoms with Gasteiger partial charge in [0, 0.05) is 19.5 Å². The maximum atomic E-state index is 15.1. The van der Waals surface area contributed by atoms with E-state index in [1.54, 1.807) is 12.1 Å². The second kappa shape index (κ2) is 9.04. The fraction of sp³-hybridized carbons (Fsp3) is 0.476. The highest BCUT2D eigenvalue weighted by Crippen LogP contribution is 2.34. The first-order valence-corrected chi connectivity index (χ1v) is 10.7. The molecule has 33 heavy (non-hydrogen) atoms. The van der Waals surface area contributed by atoms with Gasteiger partial charge in [0.25, 0.3) is 0 Å². The minimum absolute atomic E-state index is 0.0329. The number of ether oxygens (including phenoxy) is 1. The first-order chi connectivity index (χ1) is 15.7. The molecule has 0 bridgehead atoms. The Morgan fingerprint density at radius 1 is 1.36 bits per heavy atom. The third-order valence-corrected chi connectivity index (χ3v) is 5.99. The second-order valence-corrected chi connectivity index (χ2v) is 8.28. The summed E-state index contributed by atoms with van der Waals surface area (Å²) in [5, 5.41) is 19.5. The Kier molecular flexibility index (Phi) is 6.16. The van der Waals surface area contributed by atoms with Crippen LogP contribution in [0.25, 0.3) is 0 Å². The summed E-state index contributed by atoms with van der Waals surface area (Å²) < 4.78 is 21.8. The number of carbonyl (C=O) groups is 3. The van der Waals surface area contributed by atoms with E-state index in [0.29, 0.717) is 30.8 Å². The van der Waals surface area contributed by atoms with E-state index in [1.165, 1.54) is 28.8 Å². The van der Waals surface area contributed by atoms with Crippen molar-refractivity contribution in [3.63, 3.8) is 0 Å². The van der Waals surface area contributed by atoms with E-state index in [1.807, 2.05) is 11.8 Å². The average Bonchev–Trinajstić information content (AvgIpc) is 3.39. The topological polar surface area (TPSA) is 130 Å². The first kappa shape index (κ1) is 22.5. The normalized spacial score (nSPS) is 22.9. The van der Waals surface area contributed by atoms with Crippen molar-refractivity contribution < 1.29 is 28.6 Å². The Bertz CT molecular complexity index is 1080. The maximum absolute atomic E-state index is 15.1. The van der Waals surface area contributed by atoms with E-state index >= 15 is 4.39 Å². The number of anilines is 2. The van der Waals surface area contributed by atoms with Crippen molar-refractivity contribution in [2.75, 3.05) is 29.4 Å². The summed E-state index contributed by atoms with van der Waals surface area (Å²) in [5.41, 5.74) is 0.817. The van der Waals surface area contributed by atoms with Crippen molar-refractivity contribution in [3.8, 4) is 0 Å². The molecule has 1 aromatic carbocycles. The van der Waals surface area contributed by atoms with Gasteiger partial charge in [-0.3, -0.25) is 9.69 Å². The van der Waals surface area contributed by atoms with Gasteiger partial charge in [-0.05, 0) is 38.0 Å². The van der Waals surface area contributed by atoms with E-state index in [0.717, 1.165) is 0 Å². The summed E-state index contributed by atoms with van der Waals surface area (Å²) in [6.07, 6.45) is 1.29. The molecule has 176 valence electrons. The lowest BCUT2D eigenvalue weighted by molar-refractivity contribution is -0.119. The highest BCUT2D eigenvalue weighted by Gasteiger charge is 2.34. The zero-order chi connectivity index (χ0) is 23.7. The minimum Gasteiger partial charge on any atom is -0.476 e. The summed E-state index contributed by atoms with van der Waals surface area (Å²) in [5.74, 6) is -1.78. The van der Waals surface area contributed by atoms with Gasteiger partial charge >= 0.3 is 12.1 Å². The highest BCUT2D eigenvalue weighted by atomic mass is 19.1. The molecule has 2 aliphatic rings. The van der Waals surface area contributed by atoms with E-state index in [4.69, 9.17) is 4.74 Å². The molecule has 2 unspecified atom stereocenters. The van der Waals surface area contributed by atoms with Crippen LogP contribution in [0.15, 0.2) is 24.4 Å². The average molecular weight is 460 g/mol. The van der Waals surface area contributed by atoms with E-state index in [2.05, 4.69) is 15.6 Å². The predicted molar refractivity (Wildman–Crippen MR) is 115 cm³/mol. The van der Waals surface area contributed by atoms with Gasteiger partial charge in [-0.25, -0.2) is 18.7 Å². The summed E-state index contributed by atoms with van der Waals surface area (Å²) in [6, 6.07) is 4.38. The minimum atomic E-state index is -1.09. The van der Waals surface area contributed by atoms with Crippen LogP contribution in [0.2, 0.25) is 0 Å². The van der Waals surface area contributed by atoms with Gasteiger partial charge in [-0.15, -0.1) is 5.10 Å². The fourth-order valence-electron chi connectivity index (χ4n) is 4.39. The van der Waals surface area contributed by atoms with Crippen LogP contribution in [0, 0.1) is 5.82 Å². The van der Waals surface area contributed by atoms with Crippen molar-refractivity contribution in [3.05, 3.63) is 35.9 Å². The number of benzene rings is 1. The summed E-state index contributed by atoms with van der Waals surface area (Å²) in [7, 11) is 0. The first-order valence-electron chi connectivity index (χ1n) is 10.7. The third kappa shape index (κ3) is 4.59.